The number of allylic oxidation sites excluding steroid dienone is 4. The predicted octanol–water partition coefficient (Wildman–Crippen LogP) is 12.9. The van der Waals surface area contributed by atoms with E-state index in [1.54, 1.807) is 0 Å². The number of benzene rings is 7. The molecule has 0 N–H and O–H groups in total. The Morgan fingerprint density at radius 3 is 1.61 bits per heavy atom. The third kappa shape index (κ3) is 5.09. The Labute approximate surface area is 328 Å². The van der Waals surface area contributed by atoms with Crippen LogP contribution in [0, 0.1) is 5.92 Å². The van der Waals surface area contributed by atoms with Gasteiger partial charge in [-0.05, 0) is 84.0 Å². The molecular formula is C54H42O2. The molecule has 0 heterocycles. The first-order valence-electron chi connectivity index (χ1n) is 19.7. The van der Waals surface area contributed by atoms with Gasteiger partial charge in [-0.2, -0.15) is 0 Å². The van der Waals surface area contributed by atoms with Gasteiger partial charge in [-0.3, -0.25) is 9.59 Å². The van der Waals surface area contributed by atoms with Crippen LogP contribution in [0.5, 0.6) is 0 Å². The molecule has 2 unspecified atom stereocenters. The van der Waals surface area contributed by atoms with E-state index in [0.717, 1.165) is 16.7 Å². The largest absolute Gasteiger partial charge is 0.289 e. The molecule has 7 aromatic carbocycles. The van der Waals surface area contributed by atoms with E-state index in [-0.39, 0.29) is 34.2 Å². The van der Waals surface area contributed by atoms with Crippen molar-refractivity contribution in [2.45, 2.75) is 44.4 Å². The number of fused-ring (bicyclic) bond motifs is 8. The lowest BCUT2D eigenvalue weighted by molar-refractivity contribution is 0.103. The van der Waals surface area contributed by atoms with Crippen LogP contribution in [0.15, 0.2) is 175 Å². The number of ketones is 2. The molecule has 2 heteroatoms. The summed E-state index contributed by atoms with van der Waals surface area (Å²) in [6, 6.07) is 53.5. The summed E-state index contributed by atoms with van der Waals surface area (Å²) in [5.41, 5.74) is 15.5. The molecule has 10 rings (SSSR count). The molecular weight excluding hydrogens is 681 g/mol. The van der Waals surface area contributed by atoms with Gasteiger partial charge in [-0.15, -0.1) is 0 Å². The van der Waals surface area contributed by atoms with Crippen molar-refractivity contribution in [3.05, 3.63) is 220 Å². The van der Waals surface area contributed by atoms with Crippen molar-refractivity contribution in [2.75, 3.05) is 0 Å². The van der Waals surface area contributed by atoms with Gasteiger partial charge < -0.3 is 0 Å². The molecule has 0 aromatic heterocycles. The molecule has 0 saturated heterocycles. The molecule has 0 fully saturated rings. The van der Waals surface area contributed by atoms with E-state index in [4.69, 9.17) is 0 Å². The first kappa shape index (κ1) is 34.1. The van der Waals surface area contributed by atoms with E-state index in [1.165, 1.54) is 49.7 Å². The highest BCUT2D eigenvalue weighted by Crippen LogP contribution is 2.65. The van der Waals surface area contributed by atoms with Gasteiger partial charge >= 0.3 is 0 Å². The van der Waals surface area contributed by atoms with Crippen molar-refractivity contribution in [1.29, 1.82) is 0 Å². The summed E-state index contributed by atoms with van der Waals surface area (Å²) in [6.07, 6.45) is 4.89. The van der Waals surface area contributed by atoms with Crippen LogP contribution in [0.2, 0.25) is 0 Å². The summed E-state index contributed by atoms with van der Waals surface area (Å²) >= 11 is 0. The second kappa shape index (κ2) is 12.6. The summed E-state index contributed by atoms with van der Waals surface area (Å²) in [6.45, 7) is 9.72. The van der Waals surface area contributed by atoms with Gasteiger partial charge in [0.15, 0.2) is 11.6 Å². The van der Waals surface area contributed by atoms with Crippen LogP contribution in [0.1, 0.15) is 87.7 Å². The highest BCUT2D eigenvalue weighted by Gasteiger charge is 2.55. The number of hydrogen-bond acceptors (Lipinski definition) is 2. The topological polar surface area (TPSA) is 34.1 Å². The molecule has 0 amide bonds. The van der Waals surface area contributed by atoms with Crippen LogP contribution < -0.4 is 0 Å². The minimum absolute atomic E-state index is 0.0394. The van der Waals surface area contributed by atoms with E-state index in [0.29, 0.717) is 22.3 Å². The Bertz CT molecular complexity index is 2800. The molecule has 0 bridgehead atoms. The van der Waals surface area contributed by atoms with Crippen LogP contribution in [0.4, 0.5) is 0 Å². The average molecular weight is 723 g/mol. The zero-order chi connectivity index (χ0) is 38.3. The summed E-state index contributed by atoms with van der Waals surface area (Å²) in [5.74, 6) is 0.624. The second-order valence-corrected chi connectivity index (χ2v) is 16.8. The fourth-order valence-electron chi connectivity index (χ4n) is 10.2. The third-order valence-electron chi connectivity index (χ3n) is 13.0. The summed E-state index contributed by atoms with van der Waals surface area (Å²) in [4.78, 5) is 26.4. The minimum atomic E-state index is -0.184. The van der Waals surface area contributed by atoms with E-state index < -0.39 is 0 Å². The monoisotopic (exact) mass is 722 g/mol. The highest BCUT2D eigenvalue weighted by molar-refractivity contribution is 6.10. The number of rotatable bonds is 6. The summed E-state index contributed by atoms with van der Waals surface area (Å²) in [5, 5.41) is 2.55. The lowest BCUT2D eigenvalue weighted by atomic mass is 9.63. The van der Waals surface area contributed by atoms with Crippen molar-refractivity contribution in [1.82, 2.24) is 0 Å². The first-order chi connectivity index (χ1) is 27.1. The van der Waals surface area contributed by atoms with Crippen molar-refractivity contribution in [3.63, 3.8) is 0 Å². The summed E-state index contributed by atoms with van der Waals surface area (Å²) < 4.78 is 0. The Balaban J connectivity index is 1.01. The molecule has 56 heavy (non-hydrogen) atoms. The minimum Gasteiger partial charge on any atom is -0.289 e. The lowest BCUT2D eigenvalue weighted by Gasteiger charge is -2.40. The zero-order valence-electron chi connectivity index (χ0n) is 32.1. The Morgan fingerprint density at radius 1 is 0.482 bits per heavy atom. The SMILES string of the molecule is CC1(C)C2=C(C=CC3c4c(cc(-c5ccc(C(=O)c6ccccc6)cc5)c5ccccc45)C(C)(C)C23)c2ccc(-c3ccc(C(=O)c4ccccc4)cc3)cc21. The van der Waals surface area contributed by atoms with E-state index in [1.807, 2.05) is 84.9 Å². The van der Waals surface area contributed by atoms with E-state index in [9.17, 15) is 9.59 Å². The fourth-order valence-corrected chi connectivity index (χ4v) is 10.2. The average Bonchev–Trinajstić information content (AvgIpc) is 3.62. The van der Waals surface area contributed by atoms with E-state index >= 15 is 0 Å². The molecule has 3 aliphatic carbocycles. The van der Waals surface area contributed by atoms with Crippen LogP contribution in [-0.2, 0) is 10.8 Å². The second-order valence-electron chi connectivity index (χ2n) is 16.8. The highest BCUT2D eigenvalue weighted by atomic mass is 16.1. The van der Waals surface area contributed by atoms with Gasteiger partial charge in [0.1, 0.15) is 0 Å². The fraction of sp³-hybridized carbons (Fsp3) is 0.148. The quantitative estimate of drug-likeness (QED) is 0.160. The molecule has 0 saturated carbocycles. The lowest BCUT2D eigenvalue weighted by Crippen LogP contribution is -2.35. The predicted molar refractivity (Wildman–Crippen MR) is 229 cm³/mol. The molecule has 2 nitrogen and oxygen atoms in total. The van der Waals surface area contributed by atoms with Crippen LogP contribution >= 0.6 is 0 Å². The van der Waals surface area contributed by atoms with Crippen LogP contribution in [0.25, 0.3) is 38.6 Å². The number of carbonyl (C=O) groups is 2. The molecule has 0 spiro atoms. The van der Waals surface area contributed by atoms with Gasteiger partial charge in [0, 0.05) is 39.5 Å². The van der Waals surface area contributed by atoms with Gasteiger partial charge in [-0.25, -0.2) is 0 Å². The van der Waals surface area contributed by atoms with Gasteiger partial charge in [-0.1, -0.05) is 185 Å². The van der Waals surface area contributed by atoms with Crippen molar-refractivity contribution < 1.29 is 9.59 Å². The Hall–Kier alpha value is -6.38. The van der Waals surface area contributed by atoms with Crippen LogP contribution in [-0.4, -0.2) is 11.6 Å². The molecule has 0 aliphatic heterocycles. The maximum absolute atomic E-state index is 13.3. The van der Waals surface area contributed by atoms with Gasteiger partial charge in [0.2, 0.25) is 0 Å². The van der Waals surface area contributed by atoms with E-state index in [2.05, 4.69) is 113 Å². The molecule has 2 atom stereocenters. The van der Waals surface area contributed by atoms with Gasteiger partial charge in [0.25, 0.3) is 0 Å². The smallest absolute Gasteiger partial charge is 0.193 e. The zero-order valence-corrected chi connectivity index (χ0v) is 32.1. The first-order valence-corrected chi connectivity index (χ1v) is 19.7. The number of carbonyl (C=O) groups excluding carboxylic acids is 2. The molecule has 270 valence electrons. The third-order valence-corrected chi connectivity index (χ3v) is 13.0. The molecule has 3 aliphatic rings. The number of hydrogen-bond donors (Lipinski definition) is 0. The summed E-state index contributed by atoms with van der Waals surface area (Å²) in [7, 11) is 0. The Kier molecular flexibility index (Phi) is 7.67. The molecule has 0 radical (unpaired) electrons. The van der Waals surface area contributed by atoms with Gasteiger partial charge in [0.05, 0.1) is 0 Å². The van der Waals surface area contributed by atoms with Crippen LogP contribution in [0.3, 0.4) is 0 Å². The standard InChI is InChI=1S/C54H42O2/c1-53(2)46-31-39(33-19-23-37(24-20-33)51(55)35-13-7-5-8-14-35)27-28-41(46)43-29-30-44-48-42-18-12-11-17-40(42)45(32-47(48)54(3,4)50(44)49(43)53)34-21-25-38(26-22-34)52(56)36-15-9-6-10-16-36/h5-32,44,50H,1-4H3. The maximum Gasteiger partial charge on any atom is 0.193 e. The molecule has 7 aromatic rings. The van der Waals surface area contributed by atoms with Crippen molar-refractivity contribution >= 4 is 27.9 Å². The Morgan fingerprint density at radius 2 is 1.00 bits per heavy atom. The normalized spacial score (nSPS) is 18.3. The van der Waals surface area contributed by atoms with Crippen molar-refractivity contribution in [3.8, 4) is 22.3 Å². The van der Waals surface area contributed by atoms with Crippen molar-refractivity contribution in [2.24, 2.45) is 5.92 Å². The maximum atomic E-state index is 13.3.